The van der Waals surface area contributed by atoms with Crippen LogP contribution in [0.15, 0.2) is 48.5 Å². The molecule has 1 aliphatic rings. The molecule has 0 fully saturated rings. The number of rotatable bonds is 7. The molecular weight excluding hydrogens is 306 g/mol. The molecule has 1 heterocycles. The standard InChI is InChI=1S/C19H23NO4/c21-9-8-20(13-15-4-2-1-3-5-15)14-17(22)16-6-7-18-19(12-16)24-11-10-23-18/h1-7,12,17,21-22H,8-11,13-14H2/t17-/m1/s1. The fourth-order valence-corrected chi connectivity index (χ4v) is 2.84. The second-order valence-corrected chi connectivity index (χ2v) is 5.86. The van der Waals surface area contributed by atoms with Crippen LogP contribution in [0.2, 0.25) is 0 Å². The summed E-state index contributed by atoms with van der Waals surface area (Å²) in [6.45, 7) is 2.77. The highest BCUT2D eigenvalue weighted by Crippen LogP contribution is 2.32. The van der Waals surface area contributed by atoms with Gasteiger partial charge in [0.15, 0.2) is 11.5 Å². The lowest BCUT2D eigenvalue weighted by Gasteiger charge is -2.25. The Hall–Kier alpha value is -2.08. The smallest absolute Gasteiger partial charge is 0.161 e. The van der Waals surface area contributed by atoms with Crippen LogP contribution in [0.4, 0.5) is 0 Å². The molecule has 3 rings (SSSR count). The molecule has 0 aromatic heterocycles. The van der Waals surface area contributed by atoms with Gasteiger partial charge in [-0.25, -0.2) is 0 Å². The van der Waals surface area contributed by atoms with Crippen LogP contribution in [-0.2, 0) is 6.54 Å². The van der Waals surface area contributed by atoms with Crippen molar-refractivity contribution in [2.45, 2.75) is 12.6 Å². The molecule has 1 atom stereocenters. The maximum absolute atomic E-state index is 10.6. The third-order valence-corrected chi connectivity index (χ3v) is 4.05. The van der Waals surface area contributed by atoms with E-state index in [1.807, 2.05) is 53.4 Å². The number of hydrogen-bond donors (Lipinski definition) is 2. The van der Waals surface area contributed by atoms with Gasteiger partial charge in [0.1, 0.15) is 13.2 Å². The van der Waals surface area contributed by atoms with Gasteiger partial charge in [-0.2, -0.15) is 0 Å². The molecule has 2 aromatic rings. The van der Waals surface area contributed by atoms with Crippen molar-refractivity contribution in [1.82, 2.24) is 4.90 Å². The molecule has 128 valence electrons. The number of benzene rings is 2. The van der Waals surface area contributed by atoms with Crippen molar-refractivity contribution in [1.29, 1.82) is 0 Å². The van der Waals surface area contributed by atoms with Gasteiger partial charge in [-0.1, -0.05) is 36.4 Å². The van der Waals surface area contributed by atoms with Crippen LogP contribution in [0.1, 0.15) is 17.2 Å². The summed E-state index contributed by atoms with van der Waals surface area (Å²) in [5, 5.41) is 19.9. The quantitative estimate of drug-likeness (QED) is 0.813. The van der Waals surface area contributed by atoms with Gasteiger partial charge >= 0.3 is 0 Å². The summed E-state index contributed by atoms with van der Waals surface area (Å²) in [7, 11) is 0. The Balaban J connectivity index is 1.67. The van der Waals surface area contributed by atoms with Crippen molar-refractivity contribution in [2.24, 2.45) is 0 Å². The van der Waals surface area contributed by atoms with Gasteiger partial charge in [-0.05, 0) is 23.3 Å². The maximum atomic E-state index is 10.6. The lowest BCUT2D eigenvalue weighted by molar-refractivity contribution is 0.0950. The summed E-state index contributed by atoms with van der Waals surface area (Å²) in [5.41, 5.74) is 1.94. The summed E-state index contributed by atoms with van der Waals surface area (Å²) in [5.74, 6) is 1.39. The molecule has 1 aliphatic heterocycles. The normalized spacial score (nSPS) is 14.6. The van der Waals surface area contributed by atoms with Crippen LogP contribution >= 0.6 is 0 Å². The lowest BCUT2D eigenvalue weighted by Crippen LogP contribution is -2.31. The van der Waals surface area contributed by atoms with Gasteiger partial charge in [0.2, 0.25) is 0 Å². The Morgan fingerprint density at radius 3 is 2.50 bits per heavy atom. The predicted octanol–water partition coefficient (Wildman–Crippen LogP) is 1.99. The van der Waals surface area contributed by atoms with Crippen molar-refractivity contribution in [2.75, 3.05) is 32.9 Å². The Labute approximate surface area is 142 Å². The average Bonchev–Trinajstić information content (AvgIpc) is 2.62. The molecule has 0 unspecified atom stereocenters. The minimum Gasteiger partial charge on any atom is -0.486 e. The first kappa shape index (κ1) is 16.8. The summed E-state index contributed by atoms with van der Waals surface area (Å²) >= 11 is 0. The fourth-order valence-electron chi connectivity index (χ4n) is 2.84. The van der Waals surface area contributed by atoms with Gasteiger partial charge in [-0.3, -0.25) is 4.90 Å². The summed E-state index contributed by atoms with van der Waals surface area (Å²) in [6.07, 6.45) is -0.656. The van der Waals surface area contributed by atoms with E-state index in [4.69, 9.17) is 9.47 Å². The zero-order valence-electron chi connectivity index (χ0n) is 13.6. The highest BCUT2D eigenvalue weighted by molar-refractivity contribution is 5.44. The van der Waals surface area contributed by atoms with E-state index in [1.165, 1.54) is 0 Å². The number of ether oxygens (including phenoxy) is 2. The number of fused-ring (bicyclic) bond motifs is 1. The molecule has 0 aliphatic carbocycles. The Kier molecular flexibility index (Phi) is 5.69. The van der Waals surface area contributed by atoms with Gasteiger partial charge < -0.3 is 19.7 Å². The van der Waals surface area contributed by atoms with Crippen LogP contribution in [0.3, 0.4) is 0 Å². The molecule has 0 saturated carbocycles. The molecule has 0 saturated heterocycles. The van der Waals surface area contributed by atoms with Crippen molar-refractivity contribution >= 4 is 0 Å². The first-order chi connectivity index (χ1) is 11.8. The third kappa shape index (κ3) is 4.26. The highest BCUT2D eigenvalue weighted by atomic mass is 16.6. The van der Waals surface area contributed by atoms with E-state index in [1.54, 1.807) is 0 Å². The molecule has 0 bridgehead atoms. The van der Waals surface area contributed by atoms with E-state index in [0.717, 1.165) is 11.1 Å². The van der Waals surface area contributed by atoms with Crippen LogP contribution in [-0.4, -0.2) is 48.0 Å². The molecule has 0 amide bonds. The van der Waals surface area contributed by atoms with Crippen molar-refractivity contribution in [3.8, 4) is 11.5 Å². The Morgan fingerprint density at radius 1 is 1.00 bits per heavy atom. The fraction of sp³-hybridized carbons (Fsp3) is 0.368. The molecule has 24 heavy (non-hydrogen) atoms. The van der Waals surface area contributed by atoms with Crippen molar-refractivity contribution in [3.63, 3.8) is 0 Å². The van der Waals surface area contributed by atoms with Crippen LogP contribution < -0.4 is 9.47 Å². The second-order valence-electron chi connectivity index (χ2n) is 5.86. The highest BCUT2D eigenvalue weighted by Gasteiger charge is 2.18. The Bertz CT molecular complexity index is 647. The number of aliphatic hydroxyl groups excluding tert-OH is 2. The molecular formula is C19H23NO4. The van der Waals surface area contributed by atoms with E-state index in [-0.39, 0.29) is 6.61 Å². The van der Waals surface area contributed by atoms with Crippen LogP contribution in [0.5, 0.6) is 11.5 Å². The minimum atomic E-state index is -0.656. The van der Waals surface area contributed by atoms with Gasteiger partial charge in [0, 0.05) is 19.6 Å². The molecule has 0 radical (unpaired) electrons. The minimum absolute atomic E-state index is 0.0562. The van der Waals surface area contributed by atoms with Crippen LogP contribution in [0.25, 0.3) is 0 Å². The number of nitrogens with zero attached hydrogens (tertiary/aromatic N) is 1. The Morgan fingerprint density at radius 2 is 1.75 bits per heavy atom. The van der Waals surface area contributed by atoms with Gasteiger partial charge in [0.05, 0.1) is 12.7 Å². The average molecular weight is 329 g/mol. The van der Waals surface area contributed by atoms with E-state index >= 15 is 0 Å². The summed E-state index contributed by atoms with van der Waals surface area (Å²) < 4.78 is 11.1. The van der Waals surface area contributed by atoms with E-state index < -0.39 is 6.10 Å². The topological polar surface area (TPSA) is 62.2 Å². The molecule has 0 spiro atoms. The van der Waals surface area contributed by atoms with Crippen LogP contribution in [0, 0.1) is 0 Å². The lowest BCUT2D eigenvalue weighted by atomic mass is 10.1. The second kappa shape index (κ2) is 8.15. The van der Waals surface area contributed by atoms with Crippen molar-refractivity contribution < 1.29 is 19.7 Å². The zero-order valence-corrected chi connectivity index (χ0v) is 13.6. The van der Waals surface area contributed by atoms with E-state index in [0.29, 0.717) is 44.3 Å². The number of aliphatic hydroxyl groups is 2. The first-order valence-corrected chi connectivity index (χ1v) is 8.21. The zero-order chi connectivity index (χ0) is 16.8. The maximum Gasteiger partial charge on any atom is 0.161 e. The monoisotopic (exact) mass is 329 g/mol. The third-order valence-electron chi connectivity index (χ3n) is 4.05. The summed E-state index contributed by atoms with van der Waals surface area (Å²) in [6, 6.07) is 15.6. The summed E-state index contributed by atoms with van der Waals surface area (Å²) in [4.78, 5) is 2.04. The molecule has 2 N–H and O–H groups in total. The van der Waals surface area contributed by atoms with Crippen molar-refractivity contribution in [3.05, 3.63) is 59.7 Å². The molecule has 5 nitrogen and oxygen atoms in total. The SMILES string of the molecule is OCCN(Cc1ccccc1)C[C@@H](O)c1ccc2c(c1)OCCO2. The molecule has 5 heteroatoms. The van der Waals surface area contributed by atoms with Gasteiger partial charge in [-0.15, -0.1) is 0 Å². The predicted molar refractivity (Wildman–Crippen MR) is 91.2 cm³/mol. The first-order valence-electron chi connectivity index (χ1n) is 8.21. The number of hydrogen-bond acceptors (Lipinski definition) is 5. The largest absolute Gasteiger partial charge is 0.486 e. The molecule has 2 aromatic carbocycles. The van der Waals surface area contributed by atoms with Gasteiger partial charge in [0.25, 0.3) is 0 Å². The van der Waals surface area contributed by atoms with E-state index in [9.17, 15) is 10.2 Å². The van der Waals surface area contributed by atoms with E-state index in [2.05, 4.69) is 0 Å².